The Labute approximate surface area is 134 Å². The first kappa shape index (κ1) is 15.3. The minimum absolute atomic E-state index is 0.141. The molecule has 0 aliphatic rings. The molecule has 0 atom stereocenters. The standard InChI is InChI=1S/C17H19N3O3/c1-20-15(7-9-19-20)14-11-23-16-12(14)5-3-6-13(16)17(21)18-8-4-10-22-2/h3,5-7,9,11H,4,8,10H2,1-2H3,(H,18,21). The molecule has 23 heavy (non-hydrogen) atoms. The number of hydrogen-bond acceptors (Lipinski definition) is 4. The van der Waals surface area contributed by atoms with Gasteiger partial charge in [0.1, 0.15) is 11.8 Å². The van der Waals surface area contributed by atoms with Crippen LogP contribution in [0.3, 0.4) is 0 Å². The number of para-hydroxylation sites is 1. The van der Waals surface area contributed by atoms with Crippen LogP contribution in [0.5, 0.6) is 0 Å². The molecule has 0 unspecified atom stereocenters. The Kier molecular flexibility index (Phi) is 4.43. The minimum atomic E-state index is -0.141. The molecule has 2 aromatic heterocycles. The van der Waals surface area contributed by atoms with Crippen molar-refractivity contribution in [3.8, 4) is 11.3 Å². The number of nitrogens with one attached hydrogen (secondary N) is 1. The van der Waals surface area contributed by atoms with Crippen molar-refractivity contribution in [2.75, 3.05) is 20.3 Å². The first-order chi connectivity index (χ1) is 11.2. The fourth-order valence-corrected chi connectivity index (χ4v) is 2.59. The quantitative estimate of drug-likeness (QED) is 0.710. The molecule has 1 amide bonds. The van der Waals surface area contributed by atoms with Crippen LogP contribution < -0.4 is 5.32 Å². The molecule has 6 nitrogen and oxygen atoms in total. The molecule has 1 aromatic carbocycles. The van der Waals surface area contributed by atoms with E-state index < -0.39 is 0 Å². The van der Waals surface area contributed by atoms with Gasteiger partial charge in [0.15, 0.2) is 0 Å². The third-order valence-corrected chi connectivity index (χ3v) is 3.75. The topological polar surface area (TPSA) is 69.3 Å². The number of methoxy groups -OCH3 is 1. The van der Waals surface area contributed by atoms with Crippen LogP contribution in [-0.2, 0) is 11.8 Å². The van der Waals surface area contributed by atoms with Gasteiger partial charge in [0.25, 0.3) is 5.91 Å². The molecule has 1 N–H and O–H groups in total. The second kappa shape index (κ2) is 6.66. The summed E-state index contributed by atoms with van der Waals surface area (Å²) in [6.07, 6.45) is 4.18. The van der Waals surface area contributed by atoms with E-state index in [1.807, 2.05) is 25.2 Å². The van der Waals surface area contributed by atoms with Crippen molar-refractivity contribution in [2.24, 2.45) is 7.05 Å². The van der Waals surface area contributed by atoms with Gasteiger partial charge >= 0.3 is 0 Å². The van der Waals surface area contributed by atoms with E-state index >= 15 is 0 Å². The maximum Gasteiger partial charge on any atom is 0.255 e. The molecule has 0 radical (unpaired) electrons. The normalized spacial score (nSPS) is 11.0. The van der Waals surface area contributed by atoms with Crippen LogP contribution in [0, 0.1) is 0 Å². The molecule has 0 spiro atoms. The number of carbonyl (C=O) groups excluding carboxylic acids is 1. The molecule has 6 heteroatoms. The number of rotatable bonds is 6. The number of aryl methyl sites for hydroxylation is 1. The zero-order valence-electron chi connectivity index (χ0n) is 13.2. The monoisotopic (exact) mass is 313 g/mol. The lowest BCUT2D eigenvalue weighted by molar-refractivity contribution is 0.0949. The van der Waals surface area contributed by atoms with Crippen molar-refractivity contribution in [1.82, 2.24) is 15.1 Å². The molecule has 3 aromatic rings. The lowest BCUT2D eigenvalue weighted by Crippen LogP contribution is -2.25. The van der Waals surface area contributed by atoms with Crippen molar-refractivity contribution in [3.05, 3.63) is 42.3 Å². The highest BCUT2D eigenvalue weighted by atomic mass is 16.5. The van der Waals surface area contributed by atoms with Gasteiger partial charge in [0.05, 0.1) is 11.3 Å². The summed E-state index contributed by atoms with van der Waals surface area (Å²) >= 11 is 0. The van der Waals surface area contributed by atoms with E-state index in [0.717, 1.165) is 23.1 Å². The highest BCUT2D eigenvalue weighted by Gasteiger charge is 2.17. The van der Waals surface area contributed by atoms with Crippen LogP contribution >= 0.6 is 0 Å². The average molecular weight is 313 g/mol. The van der Waals surface area contributed by atoms with Gasteiger partial charge in [-0.3, -0.25) is 9.48 Å². The summed E-state index contributed by atoms with van der Waals surface area (Å²) in [5.74, 6) is -0.141. The summed E-state index contributed by atoms with van der Waals surface area (Å²) < 4.78 is 12.4. The Balaban J connectivity index is 1.90. The molecule has 0 aliphatic carbocycles. The summed E-state index contributed by atoms with van der Waals surface area (Å²) in [5.41, 5.74) is 3.00. The molecule has 3 rings (SSSR count). The lowest BCUT2D eigenvalue weighted by atomic mass is 10.1. The van der Waals surface area contributed by atoms with Crippen LogP contribution in [0.1, 0.15) is 16.8 Å². The molecule has 0 saturated heterocycles. The largest absolute Gasteiger partial charge is 0.463 e. The highest BCUT2D eigenvalue weighted by Crippen LogP contribution is 2.31. The molecule has 0 fully saturated rings. The smallest absolute Gasteiger partial charge is 0.255 e. The second-order valence-corrected chi connectivity index (χ2v) is 5.27. The SMILES string of the molecule is COCCCNC(=O)c1cccc2c(-c3ccnn3C)coc12. The van der Waals surface area contributed by atoms with Crippen molar-refractivity contribution < 1.29 is 13.9 Å². The number of benzene rings is 1. The number of hydrogen-bond donors (Lipinski definition) is 1. The van der Waals surface area contributed by atoms with E-state index in [1.54, 1.807) is 30.3 Å². The van der Waals surface area contributed by atoms with E-state index in [2.05, 4.69) is 10.4 Å². The second-order valence-electron chi connectivity index (χ2n) is 5.27. The minimum Gasteiger partial charge on any atom is -0.463 e. The fourth-order valence-electron chi connectivity index (χ4n) is 2.59. The van der Waals surface area contributed by atoms with Crippen molar-refractivity contribution in [1.29, 1.82) is 0 Å². The van der Waals surface area contributed by atoms with Crippen LogP contribution in [0.4, 0.5) is 0 Å². The zero-order chi connectivity index (χ0) is 16.2. The van der Waals surface area contributed by atoms with E-state index in [9.17, 15) is 4.79 Å². The van der Waals surface area contributed by atoms with Gasteiger partial charge in [-0.2, -0.15) is 5.10 Å². The molecule has 0 bridgehead atoms. The summed E-state index contributed by atoms with van der Waals surface area (Å²) in [5, 5.41) is 7.96. The van der Waals surface area contributed by atoms with Gasteiger partial charge in [-0.25, -0.2) is 0 Å². The van der Waals surface area contributed by atoms with Crippen molar-refractivity contribution in [2.45, 2.75) is 6.42 Å². The Morgan fingerprint density at radius 2 is 2.26 bits per heavy atom. The third kappa shape index (κ3) is 2.98. The van der Waals surface area contributed by atoms with Crippen LogP contribution in [0.15, 0.2) is 41.1 Å². The summed E-state index contributed by atoms with van der Waals surface area (Å²) in [4.78, 5) is 12.4. The third-order valence-electron chi connectivity index (χ3n) is 3.75. The predicted octanol–water partition coefficient (Wildman–Crippen LogP) is 2.60. The summed E-state index contributed by atoms with van der Waals surface area (Å²) in [6.45, 7) is 1.19. The predicted molar refractivity (Wildman–Crippen MR) is 87.2 cm³/mol. The van der Waals surface area contributed by atoms with E-state index in [0.29, 0.717) is 24.3 Å². The molecule has 120 valence electrons. The van der Waals surface area contributed by atoms with Gasteiger partial charge in [0, 0.05) is 44.5 Å². The Hall–Kier alpha value is -2.60. The lowest BCUT2D eigenvalue weighted by Gasteiger charge is -2.05. The first-order valence-electron chi connectivity index (χ1n) is 7.48. The van der Waals surface area contributed by atoms with Gasteiger partial charge in [-0.1, -0.05) is 12.1 Å². The van der Waals surface area contributed by atoms with Gasteiger partial charge in [-0.05, 0) is 18.6 Å². The van der Waals surface area contributed by atoms with Crippen LogP contribution in [0.2, 0.25) is 0 Å². The summed E-state index contributed by atoms with van der Waals surface area (Å²) in [7, 11) is 3.52. The van der Waals surface area contributed by atoms with Gasteiger partial charge < -0.3 is 14.5 Å². The number of furan rings is 1. The maximum absolute atomic E-state index is 12.4. The van der Waals surface area contributed by atoms with Gasteiger partial charge in [-0.15, -0.1) is 0 Å². The van der Waals surface area contributed by atoms with E-state index in [1.165, 1.54) is 0 Å². The zero-order valence-corrected chi connectivity index (χ0v) is 13.2. The number of ether oxygens (including phenoxy) is 1. The number of carbonyl (C=O) groups is 1. The van der Waals surface area contributed by atoms with Crippen LogP contribution in [0.25, 0.3) is 22.2 Å². The molecular formula is C17H19N3O3. The van der Waals surface area contributed by atoms with E-state index in [-0.39, 0.29) is 5.91 Å². The van der Waals surface area contributed by atoms with Crippen LogP contribution in [-0.4, -0.2) is 35.9 Å². The number of aromatic nitrogens is 2. The Morgan fingerprint density at radius 3 is 3.00 bits per heavy atom. The Morgan fingerprint density at radius 1 is 1.39 bits per heavy atom. The Bertz CT molecular complexity index is 819. The highest BCUT2D eigenvalue weighted by molar-refractivity contribution is 6.08. The average Bonchev–Trinajstić information content (AvgIpc) is 3.16. The molecule has 0 aliphatic heterocycles. The summed E-state index contributed by atoms with van der Waals surface area (Å²) in [6, 6.07) is 7.50. The number of nitrogens with zero attached hydrogens (tertiary/aromatic N) is 2. The van der Waals surface area contributed by atoms with Crippen molar-refractivity contribution in [3.63, 3.8) is 0 Å². The number of fused-ring (bicyclic) bond motifs is 1. The van der Waals surface area contributed by atoms with Gasteiger partial charge in [0.2, 0.25) is 0 Å². The molecule has 0 saturated carbocycles. The number of amides is 1. The van der Waals surface area contributed by atoms with E-state index in [4.69, 9.17) is 9.15 Å². The fraction of sp³-hybridized carbons (Fsp3) is 0.294. The first-order valence-corrected chi connectivity index (χ1v) is 7.48. The molecule has 2 heterocycles. The van der Waals surface area contributed by atoms with Crippen molar-refractivity contribution >= 4 is 16.9 Å². The molecular weight excluding hydrogens is 294 g/mol. The maximum atomic E-state index is 12.4.